The number of guanidine groups is 1. The zero-order valence-corrected chi connectivity index (χ0v) is 14.7. The molecule has 2 heterocycles. The van der Waals surface area contributed by atoms with Gasteiger partial charge in [-0.2, -0.15) is 4.99 Å². The molecule has 2 aliphatic rings. The first kappa shape index (κ1) is 19.9. The van der Waals surface area contributed by atoms with Crippen LogP contribution in [0.4, 0.5) is 0 Å². The zero-order valence-electron chi connectivity index (χ0n) is 14.7. The van der Waals surface area contributed by atoms with Gasteiger partial charge in [-0.3, -0.25) is 0 Å². The highest BCUT2D eigenvalue weighted by Gasteiger charge is 2.44. The van der Waals surface area contributed by atoms with Crippen LogP contribution in [0.25, 0.3) is 0 Å². The van der Waals surface area contributed by atoms with E-state index in [2.05, 4.69) is 9.89 Å². The highest BCUT2D eigenvalue weighted by Crippen LogP contribution is 2.29. The van der Waals surface area contributed by atoms with Crippen molar-refractivity contribution in [3.05, 3.63) is 11.5 Å². The molecule has 0 aromatic heterocycles. The first-order valence-electron chi connectivity index (χ1n) is 8.03. The van der Waals surface area contributed by atoms with Gasteiger partial charge in [0.1, 0.15) is 6.17 Å². The number of hydrogen-bond donors (Lipinski definition) is 3. The summed E-state index contributed by atoms with van der Waals surface area (Å²) in [4.78, 5) is 30.4. The van der Waals surface area contributed by atoms with Crippen molar-refractivity contribution in [1.29, 1.82) is 0 Å². The molecule has 2 atom stereocenters. The lowest BCUT2D eigenvalue weighted by Crippen LogP contribution is -3.16. The Kier molecular flexibility index (Phi) is 7.18. The Labute approximate surface area is 142 Å². The molecule has 0 fully saturated rings. The second kappa shape index (κ2) is 8.65. The number of aliphatic hydroxyl groups is 1. The molecule has 0 aromatic carbocycles. The molecule has 2 aliphatic heterocycles. The van der Waals surface area contributed by atoms with Crippen LogP contribution in [-0.2, 0) is 9.59 Å². The number of nitrogens with one attached hydrogen (secondary N) is 1. The summed E-state index contributed by atoms with van der Waals surface area (Å²) in [5, 5.41) is 18.1. The monoisotopic (exact) mass is 341 g/mol. The number of aliphatic carboxylic acids is 1. The fourth-order valence-electron chi connectivity index (χ4n) is 2.42. The minimum atomic E-state index is -0.995. The van der Waals surface area contributed by atoms with Gasteiger partial charge in [0.05, 0.1) is 7.05 Å². The van der Waals surface area contributed by atoms with E-state index in [9.17, 15) is 14.7 Å². The number of quaternary nitrogens is 1. The molecule has 136 valence electrons. The Morgan fingerprint density at radius 1 is 1.46 bits per heavy atom. The van der Waals surface area contributed by atoms with Crippen LogP contribution in [0, 0.1) is 0 Å². The van der Waals surface area contributed by atoms with Gasteiger partial charge in [0.2, 0.25) is 0 Å². The molecule has 0 bridgehead atoms. The number of amides is 1. The van der Waals surface area contributed by atoms with Crippen LogP contribution < -0.4 is 15.7 Å². The number of unbranched alkanes of at least 4 members (excludes halogenated alkanes) is 1. The summed E-state index contributed by atoms with van der Waals surface area (Å²) >= 11 is 0. The molecule has 0 saturated carbocycles. The van der Waals surface area contributed by atoms with E-state index in [1.165, 1.54) is 6.92 Å². The maximum Gasteiger partial charge on any atom is 0.371 e. The smallest absolute Gasteiger partial charge is 0.371 e. The van der Waals surface area contributed by atoms with Crippen molar-refractivity contribution in [2.45, 2.75) is 39.3 Å². The predicted octanol–water partition coefficient (Wildman–Crippen LogP) is -2.96. The minimum Gasteiger partial charge on any atom is -0.550 e. The summed E-state index contributed by atoms with van der Waals surface area (Å²) in [7, 11) is 3.60. The number of carbonyl (C=O) groups is 2. The molecule has 9 nitrogen and oxygen atoms in total. The van der Waals surface area contributed by atoms with Crippen LogP contribution in [-0.4, -0.2) is 66.2 Å². The molecule has 4 N–H and O–H groups in total. The summed E-state index contributed by atoms with van der Waals surface area (Å²) in [5.74, 6) is -0.0639. The van der Waals surface area contributed by atoms with E-state index in [0.717, 1.165) is 19.4 Å². The summed E-state index contributed by atoms with van der Waals surface area (Å²) < 4.78 is 0. The van der Waals surface area contributed by atoms with E-state index in [4.69, 9.17) is 10.8 Å². The number of hydrogen-bond acceptors (Lipinski definition) is 8. The van der Waals surface area contributed by atoms with Crippen molar-refractivity contribution < 1.29 is 24.7 Å². The zero-order chi connectivity index (χ0) is 18.4. The largest absolute Gasteiger partial charge is 0.550 e. The molecule has 0 radical (unpaired) electrons. The molecular weight excluding hydrogens is 314 g/mol. The quantitative estimate of drug-likeness (QED) is 0.456. The Bertz CT molecular complexity index is 546. The first-order valence-corrected chi connectivity index (χ1v) is 8.03. The van der Waals surface area contributed by atoms with Gasteiger partial charge in [0, 0.05) is 26.2 Å². The fourth-order valence-corrected chi connectivity index (χ4v) is 2.42. The van der Waals surface area contributed by atoms with E-state index in [0.29, 0.717) is 22.4 Å². The third kappa shape index (κ3) is 4.24. The normalized spacial score (nSPS) is 22.9. The SMILES string of the molecule is CC1N(C)C2=C(N=C(N)[NH+](C)C2=O)N1CCCCO.CCC(=O)[O-]. The molecule has 1 amide bonds. The van der Waals surface area contributed by atoms with Crippen LogP contribution in [0.2, 0.25) is 0 Å². The lowest BCUT2D eigenvalue weighted by atomic mass is 10.3. The number of rotatable bonds is 5. The fraction of sp³-hybridized carbons (Fsp3) is 0.667. The van der Waals surface area contributed by atoms with Crippen LogP contribution in [0.1, 0.15) is 33.1 Å². The molecule has 24 heavy (non-hydrogen) atoms. The van der Waals surface area contributed by atoms with E-state index in [1.807, 2.05) is 18.9 Å². The van der Waals surface area contributed by atoms with Gasteiger partial charge in [-0.15, -0.1) is 0 Å². The van der Waals surface area contributed by atoms with Gasteiger partial charge < -0.3 is 30.5 Å². The van der Waals surface area contributed by atoms with Crippen LogP contribution in [0.3, 0.4) is 0 Å². The summed E-state index contributed by atoms with van der Waals surface area (Å²) in [6.45, 7) is 4.51. The van der Waals surface area contributed by atoms with Crippen molar-refractivity contribution in [2.75, 3.05) is 27.2 Å². The number of nitrogens with two attached hydrogens (primary N) is 1. The van der Waals surface area contributed by atoms with E-state index in [1.54, 1.807) is 7.05 Å². The molecule has 0 aliphatic carbocycles. The topological polar surface area (TPSA) is 127 Å². The number of carbonyl (C=O) groups excluding carboxylic acids is 2. The van der Waals surface area contributed by atoms with Crippen molar-refractivity contribution in [1.82, 2.24) is 9.80 Å². The number of carboxylic acids is 1. The average molecular weight is 341 g/mol. The Morgan fingerprint density at radius 2 is 2.04 bits per heavy atom. The van der Waals surface area contributed by atoms with Crippen molar-refractivity contribution in [2.24, 2.45) is 10.7 Å². The predicted molar refractivity (Wildman–Crippen MR) is 86.1 cm³/mol. The summed E-state index contributed by atoms with van der Waals surface area (Å²) in [6, 6.07) is 0. The Morgan fingerprint density at radius 3 is 2.54 bits per heavy atom. The standard InChI is InChI=1S/C12H21N5O2.C3H6O2/c1-8-15(2)9-10(17(8)6-4-5-7-18)14-12(13)16(3)11(9)19;1-2-3(4)5/h8,18H,4-7H2,1-3H3,(H2,13,14);2H2,1H3,(H,4,5). The lowest BCUT2D eigenvalue weighted by Gasteiger charge is -2.27. The van der Waals surface area contributed by atoms with Gasteiger partial charge >= 0.3 is 11.9 Å². The van der Waals surface area contributed by atoms with E-state index in [-0.39, 0.29) is 25.1 Å². The molecule has 0 saturated heterocycles. The van der Waals surface area contributed by atoms with Crippen LogP contribution in [0.5, 0.6) is 0 Å². The van der Waals surface area contributed by atoms with Crippen molar-refractivity contribution in [3.8, 4) is 0 Å². The van der Waals surface area contributed by atoms with E-state index >= 15 is 0 Å². The second-order valence-electron chi connectivity index (χ2n) is 5.72. The Hall–Kier alpha value is -2.13. The van der Waals surface area contributed by atoms with Crippen LogP contribution >= 0.6 is 0 Å². The number of aliphatic imine (C=N–C) groups is 1. The first-order chi connectivity index (χ1) is 11.3. The second-order valence-corrected chi connectivity index (χ2v) is 5.72. The number of nitrogens with zero attached hydrogens (tertiary/aromatic N) is 3. The van der Waals surface area contributed by atoms with E-state index < -0.39 is 5.97 Å². The highest BCUT2D eigenvalue weighted by molar-refractivity contribution is 5.96. The van der Waals surface area contributed by atoms with Crippen molar-refractivity contribution in [3.63, 3.8) is 0 Å². The Balaban J connectivity index is 0.000000505. The van der Waals surface area contributed by atoms with Gasteiger partial charge in [-0.05, 0) is 26.2 Å². The third-order valence-corrected chi connectivity index (χ3v) is 4.11. The molecule has 2 rings (SSSR count). The number of likely N-dealkylation sites (N-methyl/N-ethyl adjacent to an activating group) is 2. The van der Waals surface area contributed by atoms with Gasteiger partial charge in [0.15, 0.2) is 11.5 Å². The van der Waals surface area contributed by atoms with Gasteiger partial charge in [-0.25, -0.2) is 9.69 Å². The van der Waals surface area contributed by atoms with Crippen molar-refractivity contribution >= 4 is 17.8 Å². The molecular formula is C15H27N5O4. The lowest BCUT2D eigenvalue weighted by molar-refractivity contribution is -0.696. The molecule has 9 heteroatoms. The number of aliphatic hydroxyl groups excluding tert-OH is 1. The third-order valence-electron chi connectivity index (χ3n) is 4.11. The highest BCUT2D eigenvalue weighted by atomic mass is 16.4. The summed E-state index contributed by atoms with van der Waals surface area (Å²) in [5.41, 5.74) is 6.43. The minimum absolute atomic E-state index is 0.0403. The maximum absolute atomic E-state index is 12.3. The maximum atomic E-state index is 12.3. The van der Waals surface area contributed by atoms with Gasteiger partial charge in [-0.1, -0.05) is 6.92 Å². The van der Waals surface area contributed by atoms with Gasteiger partial charge in [0.25, 0.3) is 0 Å². The molecule has 2 unspecified atom stereocenters. The summed E-state index contributed by atoms with van der Waals surface area (Å²) in [6.07, 6.45) is 1.79. The number of carboxylic acid groups (broad SMARTS) is 1. The molecule has 0 spiro atoms. The molecule has 0 aromatic rings. The van der Waals surface area contributed by atoms with Crippen LogP contribution in [0.15, 0.2) is 16.5 Å². The average Bonchev–Trinajstić information content (AvgIpc) is 2.78.